The van der Waals surface area contributed by atoms with Gasteiger partial charge in [-0.2, -0.15) is 18.3 Å². The number of halogens is 3. The summed E-state index contributed by atoms with van der Waals surface area (Å²) < 4.78 is 40.2. The maximum absolute atomic E-state index is 12.8. The van der Waals surface area contributed by atoms with E-state index in [-0.39, 0.29) is 5.56 Å². The molecule has 1 N–H and O–H groups in total. The van der Waals surface area contributed by atoms with Crippen molar-refractivity contribution in [3.63, 3.8) is 0 Å². The minimum absolute atomic E-state index is 0.224. The quantitative estimate of drug-likeness (QED) is 0.923. The Kier molecular flexibility index (Phi) is 4.01. The Morgan fingerprint density at radius 2 is 2.05 bits per heavy atom. The molecule has 1 aromatic carbocycles. The molecule has 6 heteroatoms. The largest absolute Gasteiger partial charge is 0.416 e. The molecule has 1 heterocycles. The summed E-state index contributed by atoms with van der Waals surface area (Å²) in [4.78, 5) is 0. The Bertz CT molecular complexity index is 588. The van der Waals surface area contributed by atoms with Crippen LogP contribution in [0, 0.1) is 6.92 Å². The smallest absolute Gasteiger partial charge is 0.381 e. The highest BCUT2D eigenvalue weighted by Gasteiger charge is 2.32. The van der Waals surface area contributed by atoms with Crippen LogP contribution >= 0.6 is 0 Å². The van der Waals surface area contributed by atoms with Crippen molar-refractivity contribution >= 4 is 5.69 Å². The molecule has 108 valence electrons. The van der Waals surface area contributed by atoms with Gasteiger partial charge in [-0.3, -0.25) is 4.68 Å². The van der Waals surface area contributed by atoms with E-state index in [2.05, 4.69) is 10.4 Å². The van der Waals surface area contributed by atoms with Gasteiger partial charge >= 0.3 is 6.18 Å². The number of hydrogen-bond acceptors (Lipinski definition) is 2. The van der Waals surface area contributed by atoms with Crippen molar-refractivity contribution in [2.75, 3.05) is 5.32 Å². The average Bonchev–Trinajstić information content (AvgIpc) is 2.84. The summed E-state index contributed by atoms with van der Waals surface area (Å²) in [6, 6.07) is 4.26. The van der Waals surface area contributed by atoms with Crippen LogP contribution in [-0.2, 0) is 19.3 Å². The number of alkyl halides is 3. The maximum atomic E-state index is 12.8. The lowest BCUT2D eigenvalue weighted by Gasteiger charge is -2.13. The van der Waals surface area contributed by atoms with Crippen LogP contribution in [0.25, 0.3) is 0 Å². The van der Waals surface area contributed by atoms with Crippen LogP contribution in [0.15, 0.2) is 30.6 Å². The summed E-state index contributed by atoms with van der Waals surface area (Å²) in [5.41, 5.74) is 1.00. The van der Waals surface area contributed by atoms with Crippen molar-refractivity contribution in [3.8, 4) is 0 Å². The van der Waals surface area contributed by atoms with E-state index in [1.54, 1.807) is 16.9 Å². The minimum Gasteiger partial charge on any atom is -0.381 e. The van der Waals surface area contributed by atoms with Crippen LogP contribution in [0.1, 0.15) is 23.6 Å². The van der Waals surface area contributed by atoms with Gasteiger partial charge in [0.1, 0.15) is 0 Å². The molecular weight excluding hydrogens is 267 g/mol. The van der Waals surface area contributed by atoms with Gasteiger partial charge in [0, 0.05) is 30.5 Å². The van der Waals surface area contributed by atoms with Crippen LogP contribution in [0.5, 0.6) is 0 Å². The first-order chi connectivity index (χ1) is 9.40. The van der Waals surface area contributed by atoms with E-state index in [0.29, 0.717) is 12.2 Å². The SMILES string of the molecule is CCn1cc(CNc2ccc(C)c(C(F)(F)F)c2)cn1. The molecule has 0 saturated carbocycles. The topological polar surface area (TPSA) is 29.9 Å². The first kappa shape index (κ1) is 14.4. The van der Waals surface area contributed by atoms with Crippen LogP contribution in [-0.4, -0.2) is 9.78 Å². The summed E-state index contributed by atoms with van der Waals surface area (Å²) in [7, 11) is 0. The van der Waals surface area contributed by atoms with E-state index < -0.39 is 11.7 Å². The fraction of sp³-hybridized carbons (Fsp3) is 0.357. The number of aryl methyl sites for hydroxylation is 2. The Morgan fingerprint density at radius 3 is 2.65 bits per heavy atom. The van der Waals surface area contributed by atoms with Crippen molar-refractivity contribution in [1.29, 1.82) is 0 Å². The zero-order chi connectivity index (χ0) is 14.8. The Morgan fingerprint density at radius 1 is 1.30 bits per heavy atom. The summed E-state index contributed by atoms with van der Waals surface area (Å²) in [5.74, 6) is 0. The number of anilines is 1. The molecule has 0 bridgehead atoms. The molecule has 3 nitrogen and oxygen atoms in total. The van der Waals surface area contributed by atoms with Gasteiger partial charge in [0.25, 0.3) is 0 Å². The summed E-state index contributed by atoms with van der Waals surface area (Å²) in [5, 5.41) is 7.10. The highest BCUT2D eigenvalue weighted by Crippen LogP contribution is 2.33. The van der Waals surface area contributed by atoms with Crippen molar-refractivity contribution < 1.29 is 13.2 Å². The first-order valence-electron chi connectivity index (χ1n) is 6.33. The molecular formula is C14H16F3N3. The predicted molar refractivity (Wildman–Crippen MR) is 71.4 cm³/mol. The third kappa shape index (κ3) is 3.31. The number of rotatable bonds is 4. The van der Waals surface area contributed by atoms with E-state index in [9.17, 15) is 13.2 Å². The molecule has 0 fully saturated rings. The van der Waals surface area contributed by atoms with Gasteiger partial charge in [-0.25, -0.2) is 0 Å². The molecule has 0 spiro atoms. The molecule has 0 saturated heterocycles. The number of aromatic nitrogens is 2. The highest BCUT2D eigenvalue weighted by molar-refractivity contribution is 5.49. The highest BCUT2D eigenvalue weighted by atomic mass is 19.4. The van der Waals surface area contributed by atoms with E-state index >= 15 is 0 Å². The van der Waals surface area contributed by atoms with Gasteiger partial charge in [0.15, 0.2) is 0 Å². The monoisotopic (exact) mass is 283 g/mol. The zero-order valence-electron chi connectivity index (χ0n) is 11.3. The minimum atomic E-state index is -4.32. The molecule has 0 aliphatic carbocycles. The molecule has 0 aliphatic rings. The molecule has 0 atom stereocenters. The second-order valence-electron chi connectivity index (χ2n) is 4.59. The van der Waals surface area contributed by atoms with Crippen molar-refractivity contribution in [2.24, 2.45) is 0 Å². The van der Waals surface area contributed by atoms with Gasteiger partial charge in [0.2, 0.25) is 0 Å². The summed E-state index contributed by atoms with van der Waals surface area (Å²) in [6.07, 6.45) is -0.754. The third-order valence-electron chi connectivity index (χ3n) is 3.05. The molecule has 0 unspecified atom stereocenters. The van der Waals surface area contributed by atoms with Crippen LogP contribution in [0.4, 0.5) is 18.9 Å². The van der Waals surface area contributed by atoms with Gasteiger partial charge in [-0.05, 0) is 31.5 Å². The standard InChI is InChI=1S/C14H16F3N3/c1-3-20-9-11(8-19-20)7-18-12-5-4-10(2)13(6-12)14(15,16)17/h4-6,8-9,18H,3,7H2,1-2H3. The zero-order valence-corrected chi connectivity index (χ0v) is 11.3. The van der Waals surface area contributed by atoms with Gasteiger partial charge in [-0.1, -0.05) is 6.07 Å². The summed E-state index contributed by atoms with van der Waals surface area (Å²) >= 11 is 0. The lowest BCUT2D eigenvalue weighted by atomic mass is 10.1. The van der Waals surface area contributed by atoms with Crippen LogP contribution < -0.4 is 5.32 Å². The molecule has 2 rings (SSSR count). The van der Waals surface area contributed by atoms with E-state index in [1.165, 1.54) is 13.0 Å². The van der Waals surface area contributed by atoms with Crippen LogP contribution in [0.2, 0.25) is 0 Å². The van der Waals surface area contributed by atoms with Gasteiger partial charge in [-0.15, -0.1) is 0 Å². The van der Waals surface area contributed by atoms with E-state index in [4.69, 9.17) is 0 Å². The number of benzene rings is 1. The van der Waals surface area contributed by atoms with Gasteiger partial charge in [0.05, 0.1) is 11.8 Å². The van der Waals surface area contributed by atoms with E-state index in [0.717, 1.165) is 18.2 Å². The predicted octanol–water partition coefficient (Wildman–Crippen LogP) is 3.84. The fourth-order valence-corrected chi connectivity index (χ4v) is 1.91. The maximum Gasteiger partial charge on any atom is 0.416 e. The Labute approximate surface area is 115 Å². The molecule has 0 amide bonds. The number of hydrogen-bond donors (Lipinski definition) is 1. The normalized spacial score (nSPS) is 11.7. The number of nitrogens with one attached hydrogen (secondary N) is 1. The van der Waals surface area contributed by atoms with Crippen LogP contribution in [0.3, 0.4) is 0 Å². The van der Waals surface area contributed by atoms with E-state index in [1.807, 2.05) is 13.1 Å². The lowest BCUT2D eigenvalue weighted by Crippen LogP contribution is -2.08. The average molecular weight is 283 g/mol. The first-order valence-corrected chi connectivity index (χ1v) is 6.33. The molecule has 0 aliphatic heterocycles. The van der Waals surface area contributed by atoms with Crippen molar-refractivity contribution in [3.05, 3.63) is 47.3 Å². The fourth-order valence-electron chi connectivity index (χ4n) is 1.91. The number of nitrogens with zero attached hydrogens (tertiary/aromatic N) is 2. The Balaban J connectivity index is 2.10. The Hall–Kier alpha value is -1.98. The second kappa shape index (κ2) is 5.56. The van der Waals surface area contributed by atoms with Gasteiger partial charge < -0.3 is 5.32 Å². The lowest BCUT2D eigenvalue weighted by molar-refractivity contribution is -0.138. The molecule has 0 radical (unpaired) electrons. The van der Waals surface area contributed by atoms with Crippen molar-refractivity contribution in [1.82, 2.24) is 9.78 Å². The molecule has 1 aromatic heterocycles. The molecule has 2 aromatic rings. The van der Waals surface area contributed by atoms with Crippen molar-refractivity contribution in [2.45, 2.75) is 33.1 Å². The third-order valence-corrected chi connectivity index (χ3v) is 3.05. The summed E-state index contributed by atoms with van der Waals surface area (Å²) in [6.45, 7) is 4.64. The second-order valence-corrected chi connectivity index (χ2v) is 4.59. The molecule has 20 heavy (non-hydrogen) atoms.